The maximum atomic E-state index is 13.0. The van der Waals surface area contributed by atoms with E-state index in [9.17, 15) is 17.2 Å². The molecule has 3 rings (SSSR count). The van der Waals surface area contributed by atoms with E-state index < -0.39 is 20.7 Å². The lowest BCUT2D eigenvalue weighted by Crippen LogP contribution is -2.42. The van der Waals surface area contributed by atoms with Crippen molar-refractivity contribution in [3.05, 3.63) is 5.82 Å². The highest BCUT2D eigenvalue weighted by molar-refractivity contribution is 7.90. The summed E-state index contributed by atoms with van der Waals surface area (Å²) < 4.78 is 56.4. The fraction of sp³-hybridized carbons (Fsp3) is 0.882. The molecule has 2 saturated carbocycles. The number of halogens is 2. The molecule has 1 aromatic heterocycles. The van der Waals surface area contributed by atoms with Crippen molar-refractivity contribution in [1.82, 2.24) is 14.1 Å². The van der Waals surface area contributed by atoms with E-state index in [0.29, 0.717) is 23.4 Å². The summed E-state index contributed by atoms with van der Waals surface area (Å²) in [6.07, 6.45) is 3.42. The first-order chi connectivity index (χ1) is 12.5. The van der Waals surface area contributed by atoms with Gasteiger partial charge in [-0.05, 0) is 52.4 Å². The summed E-state index contributed by atoms with van der Waals surface area (Å²) in [5, 5.41) is 4.05. The van der Waals surface area contributed by atoms with Gasteiger partial charge in [0.15, 0.2) is 0 Å². The van der Waals surface area contributed by atoms with Crippen LogP contribution in [0, 0.1) is 5.92 Å². The van der Waals surface area contributed by atoms with Crippen LogP contribution in [0.3, 0.4) is 0 Å². The second-order valence-corrected chi connectivity index (χ2v) is 12.0. The van der Waals surface area contributed by atoms with Crippen LogP contribution in [0.5, 0.6) is 0 Å². The van der Waals surface area contributed by atoms with Gasteiger partial charge in [-0.25, -0.2) is 26.9 Å². The zero-order valence-electron chi connectivity index (χ0n) is 16.0. The van der Waals surface area contributed by atoms with Gasteiger partial charge in [0, 0.05) is 42.9 Å². The molecule has 0 atom stereocenters. The lowest BCUT2D eigenvalue weighted by molar-refractivity contribution is -0.0883. The van der Waals surface area contributed by atoms with E-state index in [1.807, 2.05) is 0 Å². The zero-order chi connectivity index (χ0) is 19.9. The number of anilines is 1. The molecule has 0 spiro atoms. The highest BCUT2D eigenvalue weighted by Crippen LogP contribution is 2.47. The summed E-state index contributed by atoms with van der Waals surface area (Å²) in [7, 11) is -3.31. The molecule has 0 bridgehead atoms. The lowest BCUT2D eigenvalue weighted by Gasteiger charge is -2.32. The van der Waals surface area contributed by atoms with Crippen LogP contribution in [0.2, 0.25) is 0 Å². The molecule has 27 heavy (non-hydrogen) atoms. The topological polar surface area (TPSA) is 84.0 Å². The largest absolute Gasteiger partial charge is 0.358 e. The van der Waals surface area contributed by atoms with Gasteiger partial charge in [-0.15, -0.1) is 0 Å². The van der Waals surface area contributed by atoms with Crippen molar-refractivity contribution in [2.45, 2.75) is 81.9 Å². The molecular weight excluding hydrogens is 394 g/mol. The van der Waals surface area contributed by atoms with E-state index in [1.165, 1.54) is 11.5 Å². The van der Waals surface area contributed by atoms with Crippen LogP contribution in [0.25, 0.3) is 0 Å². The Morgan fingerprint density at radius 1 is 1.19 bits per heavy atom. The van der Waals surface area contributed by atoms with Crippen LogP contribution in [0.15, 0.2) is 0 Å². The van der Waals surface area contributed by atoms with Gasteiger partial charge in [0.2, 0.25) is 21.1 Å². The average Bonchev–Trinajstić information content (AvgIpc) is 2.99. The van der Waals surface area contributed by atoms with Crippen LogP contribution in [-0.2, 0) is 10.0 Å². The number of nitrogens with zero attached hydrogens (tertiary/aromatic N) is 2. The molecule has 0 aliphatic heterocycles. The molecule has 0 aromatic carbocycles. The molecule has 0 unspecified atom stereocenters. The summed E-state index contributed by atoms with van der Waals surface area (Å²) in [6, 6.07) is 0.268. The van der Waals surface area contributed by atoms with Crippen molar-refractivity contribution >= 4 is 26.7 Å². The average molecular weight is 423 g/mol. The van der Waals surface area contributed by atoms with Gasteiger partial charge in [-0.3, -0.25) is 0 Å². The van der Waals surface area contributed by atoms with Crippen molar-refractivity contribution in [3.63, 3.8) is 0 Å². The minimum absolute atomic E-state index is 0.154. The van der Waals surface area contributed by atoms with Gasteiger partial charge >= 0.3 is 0 Å². The first kappa shape index (κ1) is 20.9. The van der Waals surface area contributed by atoms with E-state index >= 15 is 0 Å². The number of sulfonamides is 1. The fourth-order valence-electron chi connectivity index (χ4n) is 3.43. The van der Waals surface area contributed by atoms with Gasteiger partial charge in [-0.2, -0.15) is 4.37 Å². The molecule has 0 saturated heterocycles. The molecule has 0 radical (unpaired) electrons. The third kappa shape index (κ3) is 5.14. The van der Waals surface area contributed by atoms with Crippen molar-refractivity contribution < 1.29 is 17.2 Å². The standard InChI is InChI=1S/C17H28F2N4O2S2/c1-16(2,3)27(24,25)20-10-11-4-6-13(7-5-11)21-15-22-14(23-26-15)12-8-17(18,19)9-12/h11-13,20H,4-10H2,1-3H3,(H,21,22,23)/t11-,13-. The Balaban J connectivity index is 1.42. The quantitative estimate of drug-likeness (QED) is 0.730. The third-order valence-corrected chi connectivity index (χ3v) is 8.26. The summed E-state index contributed by atoms with van der Waals surface area (Å²) in [5.74, 6) is -1.92. The van der Waals surface area contributed by atoms with E-state index in [1.54, 1.807) is 20.8 Å². The number of alkyl halides is 2. The van der Waals surface area contributed by atoms with E-state index in [-0.39, 0.29) is 24.8 Å². The SMILES string of the molecule is CC(C)(C)S(=O)(=O)NC[C@H]1CC[C@H](Nc2nc(C3CC(F)(F)C3)ns2)CC1. The van der Waals surface area contributed by atoms with Gasteiger partial charge in [-0.1, -0.05) is 0 Å². The summed E-state index contributed by atoms with van der Waals surface area (Å²) in [6.45, 7) is 5.55. The van der Waals surface area contributed by atoms with Crippen molar-refractivity contribution in [3.8, 4) is 0 Å². The number of nitrogens with one attached hydrogen (secondary N) is 2. The van der Waals surface area contributed by atoms with Crippen LogP contribution in [0.4, 0.5) is 13.9 Å². The minimum Gasteiger partial charge on any atom is -0.358 e. The second kappa shape index (κ2) is 7.51. The molecule has 1 heterocycles. The zero-order valence-corrected chi connectivity index (χ0v) is 17.6. The number of aromatic nitrogens is 2. The molecule has 1 aromatic rings. The van der Waals surface area contributed by atoms with Crippen LogP contribution >= 0.6 is 11.5 Å². The molecule has 2 aliphatic carbocycles. The Hall–Kier alpha value is -0.870. The predicted octanol–water partition coefficient (Wildman–Crippen LogP) is 3.74. The smallest absolute Gasteiger partial charge is 0.249 e. The highest BCUT2D eigenvalue weighted by atomic mass is 32.2. The summed E-state index contributed by atoms with van der Waals surface area (Å²) in [4.78, 5) is 4.38. The Morgan fingerprint density at radius 2 is 1.81 bits per heavy atom. The van der Waals surface area contributed by atoms with Crippen molar-refractivity contribution in [2.24, 2.45) is 5.92 Å². The highest BCUT2D eigenvalue weighted by Gasteiger charge is 2.47. The molecule has 2 fully saturated rings. The summed E-state index contributed by atoms with van der Waals surface area (Å²) in [5.41, 5.74) is 0. The van der Waals surface area contributed by atoms with Crippen molar-refractivity contribution in [2.75, 3.05) is 11.9 Å². The van der Waals surface area contributed by atoms with Crippen LogP contribution in [0.1, 0.15) is 71.0 Å². The first-order valence-corrected chi connectivity index (χ1v) is 11.7. The maximum absolute atomic E-state index is 13.0. The molecular formula is C17H28F2N4O2S2. The fourth-order valence-corrected chi connectivity index (χ4v) is 5.04. The van der Waals surface area contributed by atoms with Crippen LogP contribution < -0.4 is 10.0 Å². The monoisotopic (exact) mass is 422 g/mol. The number of rotatable bonds is 6. The van der Waals surface area contributed by atoms with E-state index in [4.69, 9.17) is 0 Å². The molecule has 2 aliphatic rings. The Bertz CT molecular complexity index is 745. The Labute approximate surface area is 163 Å². The molecule has 6 nitrogen and oxygen atoms in total. The summed E-state index contributed by atoms with van der Waals surface area (Å²) >= 11 is 1.23. The first-order valence-electron chi connectivity index (χ1n) is 9.42. The third-order valence-electron chi connectivity index (χ3n) is 5.44. The molecule has 10 heteroatoms. The van der Waals surface area contributed by atoms with Gasteiger partial charge in [0.25, 0.3) is 0 Å². The van der Waals surface area contributed by atoms with E-state index in [0.717, 1.165) is 25.7 Å². The normalized spacial score (nSPS) is 26.6. The Morgan fingerprint density at radius 3 is 2.37 bits per heavy atom. The maximum Gasteiger partial charge on any atom is 0.249 e. The van der Waals surface area contributed by atoms with Gasteiger partial charge in [0.1, 0.15) is 5.82 Å². The van der Waals surface area contributed by atoms with Gasteiger partial charge in [0.05, 0.1) is 4.75 Å². The van der Waals surface area contributed by atoms with Crippen LogP contribution in [-0.4, -0.2) is 41.0 Å². The number of hydrogen-bond acceptors (Lipinski definition) is 6. The molecule has 0 amide bonds. The lowest BCUT2D eigenvalue weighted by atomic mass is 9.81. The van der Waals surface area contributed by atoms with Gasteiger partial charge < -0.3 is 5.32 Å². The molecule has 2 N–H and O–H groups in total. The molecule has 154 valence electrons. The minimum atomic E-state index is -3.31. The number of hydrogen-bond donors (Lipinski definition) is 2. The predicted molar refractivity (Wildman–Crippen MR) is 103 cm³/mol. The second-order valence-electron chi connectivity index (χ2n) is 8.75. The van der Waals surface area contributed by atoms with E-state index in [2.05, 4.69) is 19.4 Å². The Kier molecular flexibility index (Phi) is 5.80. The van der Waals surface area contributed by atoms with Crippen molar-refractivity contribution in [1.29, 1.82) is 0 Å².